The quantitative estimate of drug-likeness (QED) is 0.468. The van der Waals surface area contributed by atoms with Gasteiger partial charge in [-0.3, -0.25) is 0 Å². The Morgan fingerprint density at radius 1 is 0.893 bits per heavy atom. The first-order valence-corrected chi connectivity index (χ1v) is 10.3. The van der Waals surface area contributed by atoms with Gasteiger partial charge in [-0.25, -0.2) is 0 Å². The van der Waals surface area contributed by atoms with Crippen molar-refractivity contribution < 1.29 is 17.9 Å². The summed E-state index contributed by atoms with van der Waals surface area (Å²) in [5, 5.41) is 0. The average Bonchev–Trinajstić information content (AvgIpc) is 2.72. The summed E-state index contributed by atoms with van der Waals surface area (Å²) in [5.41, 5.74) is 0.424. The lowest BCUT2D eigenvalue weighted by Crippen LogP contribution is -2.16. The second-order valence-electron chi connectivity index (χ2n) is 7.91. The molecule has 1 saturated carbocycles. The largest absolute Gasteiger partial charge is 0.486 e. The molecule has 0 aliphatic heterocycles. The van der Waals surface area contributed by atoms with Gasteiger partial charge in [-0.15, -0.1) is 0 Å². The molecular weight excluding hydrogens is 361 g/mol. The van der Waals surface area contributed by atoms with E-state index < -0.39 is 11.7 Å². The van der Waals surface area contributed by atoms with Crippen molar-refractivity contribution in [3.05, 3.63) is 65.7 Å². The minimum absolute atomic E-state index is 0.137. The Hall–Kier alpha value is -1.97. The fourth-order valence-corrected chi connectivity index (χ4v) is 4.16. The maximum Gasteiger partial charge on any atom is 0.416 e. The third-order valence-electron chi connectivity index (χ3n) is 6.01. The molecule has 2 aromatic rings. The zero-order valence-corrected chi connectivity index (χ0v) is 16.4. The Labute approximate surface area is 165 Å². The van der Waals surface area contributed by atoms with Gasteiger partial charge in [-0.1, -0.05) is 69.4 Å². The first-order chi connectivity index (χ1) is 13.5. The normalized spacial score (nSPS) is 21.3. The van der Waals surface area contributed by atoms with Crippen molar-refractivity contribution >= 4 is 0 Å². The highest BCUT2D eigenvalue weighted by molar-refractivity contribution is 5.30. The second kappa shape index (κ2) is 9.49. The summed E-state index contributed by atoms with van der Waals surface area (Å²) in [4.78, 5) is 0. The highest BCUT2D eigenvalue weighted by Crippen LogP contribution is 2.36. The molecule has 4 heteroatoms. The second-order valence-corrected chi connectivity index (χ2v) is 7.91. The van der Waals surface area contributed by atoms with E-state index >= 15 is 0 Å². The number of alkyl halides is 3. The molecule has 2 aromatic carbocycles. The van der Waals surface area contributed by atoms with Crippen LogP contribution in [0.15, 0.2) is 54.6 Å². The molecule has 1 fully saturated rings. The van der Waals surface area contributed by atoms with E-state index in [-0.39, 0.29) is 6.10 Å². The van der Waals surface area contributed by atoms with Crippen LogP contribution in [-0.4, -0.2) is 0 Å². The molecular formula is C24H29F3O. The van der Waals surface area contributed by atoms with Crippen molar-refractivity contribution in [2.24, 2.45) is 11.8 Å². The predicted octanol–water partition coefficient (Wildman–Crippen LogP) is 7.82. The van der Waals surface area contributed by atoms with Crippen LogP contribution in [0.5, 0.6) is 5.75 Å². The van der Waals surface area contributed by atoms with E-state index in [0.29, 0.717) is 5.75 Å². The van der Waals surface area contributed by atoms with Crippen molar-refractivity contribution in [3.8, 4) is 5.75 Å². The van der Waals surface area contributed by atoms with Crippen LogP contribution >= 0.6 is 0 Å². The monoisotopic (exact) mass is 390 g/mol. The molecule has 0 heterocycles. The van der Waals surface area contributed by atoms with Gasteiger partial charge in [0.25, 0.3) is 0 Å². The van der Waals surface area contributed by atoms with Crippen LogP contribution in [0.3, 0.4) is 0 Å². The molecule has 1 aliphatic rings. The summed E-state index contributed by atoms with van der Waals surface area (Å²) < 4.78 is 44.5. The SMILES string of the molecule is CCC1CCC(CCC(Oc2ccc(C(F)(F)F)cc2)c2ccccc2)CC1. The first kappa shape index (κ1) is 20.8. The molecule has 28 heavy (non-hydrogen) atoms. The van der Waals surface area contributed by atoms with E-state index in [1.165, 1.54) is 44.2 Å². The van der Waals surface area contributed by atoms with E-state index in [4.69, 9.17) is 4.74 Å². The van der Waals surface area contributed by atoms with Crippen LogP contribution in [0.1, 0.15) is 69.1 Å². The van der Waals surface area contributed by atoms with Crippen LogP contribution in [0.2, 0.25) is 0 Å². The van der Waals surface area contributed by atoms with E-state index in [1.807, 2.05) is 30.3 Å². The molecule has 1 aliphatic carbocycles. The zero-order valence-electron chi connectivity index (χ0n) is 16.4. The topological polar surface area (TPSA) is 9.23 Å². The van der Waals surface area contributed by atoms with Gasteiger partial charge >= 0.3 is 6.18 Å². The number of hydrogen-bond acceptors (Lipinski definition) is 1. The van der Waals surface area contributed by atoms with Gasteiger partial charge in [0.15, 0.2) is 0 Å². The highest BCUT2D eigenvalue weighted by Gasteiger charge is 2.30. The van der Waals surface area contributed by atoms with Crippen molar-refractivity contribution in [3.63, 3.8) is 0 Å². The van der Waals surface area contributed by atoms with Crippen LogP contribution in [-0.2, 0) is 6.18 Å². The molecule has 0 spiro atoms. The van der Waals surface area contributed by atoms with Crippen molar-refractivity contribution in [2.45, 2.75) is 64.1 Å². The van der Waals surface area contributed by atoms with Crippen molar-refractivity contribution in [1.82, 2.24) is 0 Å². The number of benzene rings is 2. The molecule has 1 atom stereocenters. The minimum Gasteiger partial charge on any atom is -0.486 e. The van der Waals surface area contributed by atoms with Crippen LogP contribution in [0, 0.1) is 11.8 Å². The number of rotatable bonds is 7. The molecule has 152 valence electrons. The Balaban J connectivity index is 1.64. The lowest BCUT2D eigenvalue weighted by Gasteiger charge is -2.29. The van der Waals surface area contributed by atoms with Gasteiger partial charge in [0, 0.05) is 0 Å². The number of ether oxygens (including phenoxy) is 1. The van der Waals surface area contributed by atoms with Crippen molar-refractivity contribution in [2.75, 3.05) is 0 Å². The summed E-state index contributed by atoms with van der Waals surface area (Å²) in [6, 6.07) is 15.0. The van der Waals surface area contributed by atoms with Crippen molar-refractivity contribution in [1.29, 1.82) is 0 Å². The maximum atomic E-state index is 12.8. The van der Waals surface area contributed by atoms with Crippen LogP contribution in [0.4, 0.5) is 13.2 Å². The lowest BCUT2D eigenvalue weighted by atomic mass is 9.78. The molecule has 0 N–H and O–H groups in total. The Morgan fingerprint density at radius 2 is 1.50 bits per heavy atom. The standard InChI is InChI=1S/C24H29F3O/c1-2-18-8-10-19(11-9-18)12-17-23(20-6-4-3-5-7-20)28-22-15-13-21(14-16-22)24(25,26)27/h3-7,13-16,18-19,23H,2,8-12,17H2,1H3. The fourth-order valence-electron chi connectivity index (χ4n) is 4.16. The summed E-state index contributed by atoms with van der Waals surface area (Å²) in [7, 11) is 0. The van der Waals surface area contributed by atoms with Gasteiger partial charge < -0.3 is 4.74 Å². The number of halogens is 3. The number of hydrogen-bond donors (Lipinski definition) is 0. The third-order valence-corrected chi connectivity index (χ3v) is 6.01. The van der Waals surface area contributed by atoms with Gasteiger partial charge in [-0.2, -0.15) is 13.2 Å². The minimum atomic E-state index is -4.32. The maximum absolute atomic E-state index is 12.8. The van der Waals surface area contributed by atoms with Crippen LogP contribution in [0.25, 0.3) is 0 Å². The lowest BCUT2D eigenvalue weighted by molar-refractivity contribution is -0.137. The van der Waals surface area contributed by atoms with Gasteiger partial charge in [-0.05, 0) is 54.5 Å². The molecule has 0 radical (unpaired) electrons. The molecule has 1 unspecified atom stereocenters. The van der Waals surface area contributed by atoms with E-state index in [1.54, 1.807) is 0 Å². The predicted molar refractivity (Wildman–Crippen MR) is 106 cm³/mol. The van der Waals surface area contributed by atoms with Gasteiger partial charge in [0.05, 0.1) is 5.56 Å². The van der Waals surface area contributed by atoms with E-state index in [9.17, 15) is 13.2 Å². The summed E-state index contributed by atoms with van der Waals surface area (Å²) in [6.45, 7) is 2.27. The van der Waals surface area contributed by atoms with Gasteiger partial charge in [0.1, 0.15) is 11.9 Å². The fraction of sp³-hybridized carbons (Fsp3) is 0.500. The summed E-state index contributed by atoms with van der Waals surface area (Å²) in [5.74, 6) is 2.09. The molecule has 0 aromatic heterocycles. The van der Waals surface area contributed by atoms with Gasteiger partial charge in [0.2, 0.25) is 0 Å². The zero-order chi connectivity index (χ0) is 20.0. The molecule has 1 nitrogen and oxygen atoms in total. The smallest absolute Gasteiger partial charge is 0.416 e. The van der Waals surface area contributed by atoms with Crippen LogP contribution < -0.4 is 4.74 Å². The Kier molecular flexibility index (Phi) is 7.03. The highest BCUT2D eigenvalue weighted by atomic mass is 19.4. The molecule has 0 saturated heterocycles. The molecule has 3 rings (SSSR count). The average molecular weight is 390 g/mol. The third kappa shape index (κ3) is 5.76. The van der Waals surface area contributed by atoms with E-state index in [2.05, 4.69) is 6.92 Å². The van der Waals surface area contributed by atoms with E-state index in [0.717, 1.165) is 42.4 Å². The summed E-state index contributed by atoms with van der Waals surface area (Å²) >= 11 is 0. The Bertz CT molecular complexity index is 701. The summed E-state index contributed by atoms with van der Waals surface area (Å²) in [6.07, 6.45) is 3.98. The first-order valence-electron chi connectivity index (χ1n) is 10.3. The molecule has 0 amide bonds. The molecule has 0 bridgehead atoms. The Morgan fingerprint density at radius 3 is 2.07 bits per heavy atom.